The average Bonchev–Trinajstić information content (AvgIpc) is 2.47. The van der Waals surface area contributed by atoms with E-state index in [9.17, 15) is 0 Å². The Labute approximate surface area is 128 Å². The first-order chi connectivity index (χ1) is 9.61. The minimum Gasteiger partial charge on any atom is -0.438 e. The van der Waals surface area contributed by atoms with Gasteiger partial charge in [0.05, 0.1) is 16.4 Å². The Morgan fingerprint density at radius 3 is 2.60 bits per heavy atom. The van der Waals surface area contributed by atoms with Crippen molar-refractivity contribution in [1.29, 1.82) is 0 Å². The largest absolute Gasteiger partial charge is 0.438 e. The Morgan fingerprint density at radius 2 is 1.95 bits per heavy atom. The highest BCUT2D eigenvalue weighted by atomic mass is 79.9. The molecule has 2 rings (SSSR count). The summed E-state index contributed by atoms with van der Waals surface area (Å²) in [5.41, 5.74) is 8.73. The van der Waals surface area contributed by atoms with Crippen LogP contribution in [0.1, 0.15) is 30.9 Å². The number of nitrogens with two attached hydrogens (primary N) is 1. The second-order valence-corrected chi connectivity index (χ2v) is 5.60. The number of halogens is 1. The summed E-state index contributed by atoms with van der Waals surface area (Å²) >= 11 is 3.47. The summed E-state index contributed by atoms with van der Waals surface area (Å²) in [6.45, 7) is 4.13. The van der Waals surface area contributed by atoms with Crippen LogP contribution in [-0.4, -0.2) is 4.98 Å². The second-order valence-electron chi connectivity index (χ2n) is 4.81. The molecule has 3 nitrogen and oxygen atoms in total. The van der Waals surface area contributed by atoms with E-state index in [0.717, 1.165) is 22.2 Å². The highest BCUT2D eigenvalue weighted by molar-refractivity contribution is 9.10. The first-order valence-electron chi connectivity index (χ1n) is 6.79. The van der Waals surface area contributed by atoms with Crippen molar-refractivity contribution in [3.8, 4) is 11.6 Å². The fourth-order valence-electron chi connectivity index (χ4n) is 1.86. The van der Waals surface area contributed by atoms with Crippen molar-refractivity contribution in [3.63, 3.8) is 0 Å². The van der Waals surface area contributed by atoms with Crippen molar-refractivity contribution in [3.05, 3.63) is 46.1 Å². The van der Waals surface area contributed by atoms with Crippen molar-refractivity contribution in [1.82, 2.24) is 4.98 Å². The summed E-state index contributed by atoms with van der Waals surface area (Å²) < 4.78 is 6.59. The lowest BCUT2D eigenvalue weighted by Gasteiger charge is -2.10. The van der Waals surface area contributed by atoms with Crippen LogP contribution in [0.15, 0.2) is 34.9 Å². The molecule has 0 unspecified atom stereocenters. The molecule has 0 saturated carbocycles. The zero-order chi connectivity index (χ0) is 14.5. The molecule has 0 aliphatic rings. The lowest BCUT2D eigenvalue weighted by Crippen LogP contribution is -1.96. The molecule has 0 atom stereocenters. The molecule has 0 fully saturated rings. The molecule has 106 valence electrons. The predicted molar refractivity (Wildman–Crippen MR) is 86.2 cm³/mol. The summed E-state index contributed by atoms with van der Waals surface area (Å²) in [5, 5.41) is 0. The summed E-state index contributed by atoms with van der Waals surface area (Å²) in [5.74, 6) is 1.32. The number of hydrogen-bond donors (Lipinski definition) is 1. The standard InChI is InChI=1S/C16H19BrN2O/c1-3-4-5-12-6-8-13(9-7-12)20-16-15(17)11(2)14(18)10-19-16/h6-10H,3-5,18H2,1-2H3. The van der Waals surface area contributed by atoms with Crippen LogP contribution in [-0.2, 0) is 6.42 Å². The molecule has 0 aliphatic heterocycles. The molecule has 1 aromatic carbocycles. The lowest BCUT2D eigenvalue weighted by molar-refractivity contribution is 0.459. The molecular formula is C16H19BrN2O. The van der Waals surface area contributed by atoms with Crippen LogP contribution in [0, 0.1) is 6.92 Å². The number of nitrogens with zero attached hydrogens (tertiary/aromatic N) is 1. The maximum atomic E-state index is 5.80. The Balaban J connectivity index is 2.12. The Hall–Kier alpha value is -1.55. The molecule has 4 heteroatoms. The average molecular weight is 335 g/mol. The van der Waals surface area contributed by atoms with Crippen molar-refractivity contribution in [2.75, 3.05) is 5.73 Å². The van der Waals surface area contributed by atoms with E-state index in [0.29, 0.717) is 11.6 Å². The van der Waals surface area contributed by atoms with Gasteiger partial charge in [-0.2, -0.15) is 0 Å². The van der Waals surface area contributed by atoms with Crippen LogP contribution in [0.3, 0.4) is 0 Å². The minimum absolute atomic E-state index is 0.540. The van der Waals surface area contributed by atoms with Crippen molar-refractivity contribution < 1.29 is 4.74 Å². The van der Waals surface area contributed by atoms with Crippen molar-refractivity contribution >= 4 is 21.6 Å². The van der Waals surface area contributed by atoms with E-state index in [1.807, 2.05) is 19.1 Å². The predicted octanol–water partition coefficient (Wildman–Crippen LogP) is 4.87. The number of anilines is 1. The topological polar surface area (TPSA) is 48.1 Å². The number of rotatable bonds is 5. The molecule has 1 aromatic heterocycles. The quantitative estimate of drug-likeness (QED) is 0.848. The van der Waals surface area contributed by atoms with E-state index in [2.05, 4.69) is 40.0 Å². The van der Waals surface area contributed by atoms with Gasteiger partial charge in [0.15, 0.2) is 0 Å². The van der Waals surface area contributed by atoms with Gasteiger partial charge in [-0.15, -0.1) is 0 Å². The number of unbranched alkanes of at least 4 members (excludes halogenated alkanes) is 1. The van der Waals surface area contributed by atoms with Crippen molar-refractivity contribution in [2.24, 2.45) is 0 Å². The number of aromatic nitrogens is 1. The summed E-state index contributed by atoms with van der Waals surface area (Å²) in [6.07, 6.45) is 5.15. The van der Waals surface area contributed by atoms with E-state index < -0.39 is 0 Å². The first kappa shape index (κ1) is 14.9. The third-order valence-electron chi connectivity index (χ3n) is 3.23. The highest BCUT2D eigenvalue weighted by Crippen LogP contribution is 2.32. The number of aryl methyl sites for hydroxylation is 1. The monoisotopic (exact) mass is 334 g/mol. The number of pyridine rings is 1. The van der Waals surface area contributed by atoms with E-state index >= 15 is 0 Å². The maximum Gasteiger partial charge on any atom is 0.233 e. The van der Waals surface area contributed by atoms with Crippen LogP contribution in [0.4, 0.5) is 5.69 Å². The van der Waals surface area contributed by atoms with Crippen LogP contribution in [0.2, 0.25) is 0 Å². The van der Waals surface area contributed by atoms with Crippen molar-refractivity contribution in [2.45, 2.75) is 33.1 Å². The molecule has 20 heavy (non-hydrogen) atoms. The molecule has 0 radical (unpaired) electrons. The molecule has 0 bridgehead atoms. The number of hydrogen-bond acceptors (Lipinski definition) is 3. The zero-order valence-electron chi connectivity index (χ0n) is 11.8. The SMILES string of the molecule is CCCCc1ccc(Oc2ncc(N)c(C)c2Br)cc1. The second kappa shape index (κ2) is 6.75. The molecule has 2 N–H and O–H groups in total. The van der Waals surface area contributed by atoms with Crippen LogP contribution >= 0.6 is 15.9 Å². The molecule has 0 spiro atoms. The minimum atomic E-state index is 0.540. The molecule has 0 aliphatic carbocycles. The van der Waals surface area contributed by atoms with Gasteiger partial charge in [-0.3, -0.25) is 0 Å². The van der Waals surface area contributed by atoms with Gasteiger partial charge in [-0.1, -0.05) is 25.5 Å². The first-order valence-corrected chi connectivity index (χ1v) is 7.58. The maximum absolute atomic E-state index is 5.80. The Kier molecular flexibility index (Phi) is 5.01. The van der Waals surface area contributed by atoms with Crippen LogP contribution in [0.5, 0.6) is 11.6 Å². The fourth-order valence-corrected chi connectivity index (χ4v) is 2.27. The summed E-state index contributed by atoms with van der Waals surface area (Å²) in [6, 6.07) is 8.15. The van der Waals surface area contributed by atoms with Gasteiger partial charge in [-0.25, -0.2) is 4.98 Å². The van der Waals surface area contributed by atoms with Gasteiger partial charge < -0.3 is 10.5 Å². The Bertz CT molecular complexity index is 582. The summed E-state index contributed by atoms with van der Waals surface area (Å²) in [4.78, 5) is 4.21. The Morgan fingerprint density at radius 1 is 1.25 bits per heavy atom. The van der Waals surface area contributed by atoms with Crippen LogP contribution in [0.25, 0.3) is 0 Å². The molecule has 1 heterocycles. The highest BCUT2D eigenvalue weighted by Gasteiger charge is 2.09. The molecule has 0 amide bonds. The van der Waals surface area contributed by atoms with Gasteiger partial charge in [0.25, 0.3) is 0 Å². The smallest absolute Gasteiger partial charge is 0.233 e. The lowest BCUT2D eigenvalue weighted by atomic mass is 10.1. The number of nitrogen functional groups attached to an aromatic ring is 1. The molecule has 0 saturated heterocycles. The fraction of sp³-hybridized carbons (Fsp3) is 0.312. The van der Waals surface area contributed by atoms with E-state index in [1.54, 1.807) is 6.20 Å². The zero-order valence-corrected chi connectivity index (χ0v) is 13.4. The molecular weight excluding hydrogens is 316 g/mol. The van der Waals surface area contributed by atoms with Gasteiger partial charge in [0.2, 0.25) is 5.88 Å². The van der Waals surface area contributed by atoms with E-state index in [1.165, 1.54) is 18.4 Å². The third-order valence-corrected chi connectivity index (χ3v) is 4.16. The van der Waals surface area contributed by atoms with Gasteiger partial charge in [0, 0.05) is 0 Å². The normalized spacial score (nSPS) is 10.6. The van der Waals surface area contributed by atoms with E-state index in [-0.39, 0.29) is 0 Å². The van der Waals surface area contributed by atoms with Gasteiger partial charge in [-0.05, 0) is 59.0 Å². The number of ether oxygens (including phenoxy) is 1. The van der Waals surface area contributed by atoms with E-state index in [4.69, 9.17) is 10.5 Å². The molecule has 2 aromatic rings. The van der Waals surface area contributed by atoms with Crippen LogP contribution < -0.4 is 10.5 Å². The van der Waals surface area contributed by atoms with Gasteiger partial charge >= 0.3 is 0 Å². The third kappa shape index (κ3) is 3.51. The number of benzene rings is 1. The summed E-state index contributed by atoms with van der Waals surface area (Å²) in [7, 11) is 0. The van der Waals surface area contributed by atoms with Gasteiger partial charge in [0.1, 0.15) is 5.75 Å².